The fraction of sp³-hybridized carbons (Fsp3) is 0.400. The molecule has 2 aromatic rings. The molecule has 0 atom stereocenters. The molecule has 0 aliphatic heterocycles. The van der Waals surface area contributed by atoms with Crippen molar-refractivity contribution in [3.8, 4) is 0 Å². The topological polar surface area (TPSA) is 63.8 Å². The molecule has 0 fully saturated rings. The molecule has 3 rings (SSSR count). The number of aromatic nitrogens is 2. The third-order valence-corrected chi connectivity index (χ3v) is 4.09. The summed E-state index contributed by atoms with van der Waals surface area (Å²) in [6, 6.07) is 0. The van der Waals surface area contributed by atoms with E-state index in [0.29, 0.717) is 0 Å². The van der Waals surface area contributed by atoms with Gasteiger partial charge >= 0.3 is 0 Å². The molecule has 0 radical (unpaired) electrons. The number of nitrogen functional groups attached to an aromatic ring is 1. The zero-order valence-electron chi connectivity index (χ0n) is 8.29. The van der Waals surface area contributed by atoms with Crippen molar-refractivity contribution in [3.63, 3.8) is 0 Å². The summed E-state index contributed by atoms with van der Waals surface area (Å²) in [5, 5.41) is 1.14. The predicted octanol–water partition coefficient (Wildman–Crippen LogP) is 1.86. The Kier molecular flexibility index (Phi) is 2.07. The summed E-state index contributed by atoms with van der Waals surface area (Å²) in [5.41, 5.74) is 4.07. The predicted molar refractivity (Wildman–Crippen MR) is 61.9 cm³/mol. The van der Waals surface area contributed by atoms with Gasteiger partial charge in [-0.15, -0.1) is 11.3 Å². The molecule has 0 unspecified atom stereocenters. The molecule has 0 aromatic carbocycles. The van der Waals surface area contributed by atoms with Crippen molar-refractivity contribution in [2.45, 2.75) is 25.7 Å². The molecule has 1 aliphatic rings. The fourth-order valence-electron chi connectivity index (χ4n) is 2.20. The zero-order valence-corrected chi connectivity index (χ0v) is 9.10. The second-order valence-corrected chi connectivity index (χ2v) is 4.84. The lowest BCUT2D eigenvalue weighted by molar-refractivity contribution is 0.700. The molecule has 1 aliphatic carbocycles. The van der Waals surface area contributed by atoms with E-state index in [1.807, 2.05) is 0 Å². The molecule has 78 valence electrons. The molecule has 15 heavy (non-hydrogen) atoms. The summed E-state index contributed by atoms with van der Waals surface area (Å²) in [5.74, 6) is 6.24. The van der Waals surface area contributed by atoms with Gasteiger partial charge in [0.1, 0.15) is 11.2 Å². The summed E-state index contributed by atoms with van der Waals surface area (Å²) in [7, 11) is 0. The average molecular weight is 220 g/mol. The molecule has 0 saturated heterocycles. The van der Waals surface area contributed by atoms with Crippen LogP contribution in [0.15, 0.2) is 6.33 Å². The second-order valence-electron chi connectivity index (χ2n) is 3.76. The lowest BCUT2D eigenvalue weighted by Crippen LogP contribution is -2.09. The number of hydrogen-bond acceptors (Lipinski definition) is 5. The third kappa shape index (κ3) is 1.31. The summed E-state index contributed by atoms with van der Waals surface area (Å²) < 4.78 is 0. The highest BCUT2D eigenvalue weighted by atomic mass is 32.1. The zero-order chi connectivity index (χ0) is 10.3. The maximum atomic E-state index is 5.47. The first-order chi connectivity index (χ1) is 7.40. The summed E-state index contributed by atoms with van der Waals surface area (Å²) in [6.07, 6.45) is 6.44. The molecule has 3 N–H and O–H groups in total. The summed E-state index contributed by atoms with van der Waals surface area (Å²) >= 11 is 1.78. The first-order valence-electron chi connectivity index (χ1n) is 5.12. The number of nitrogens with one attached hydrogen (secondary N) is 1. The number of fused-ring (bicyclic) bond motifs is 3. The largest absolute Gasteiger partial charge is 0.308 e. The SMILES string of the molecule is NNc1ncnc2sc3c(c12)CCCC3. The van der Waals surface area contributed by atoms with Gasteiger partial charge in [-0.05, 0) is 31.2 Å². The Morgan fingerprint density at radius 3 is 3.00 bits per heavy atom. The van der Waals surface area contributed by atoms with Crippen molar-refractivity contribution in [3.05, 3.63) is 16.8 Å². The van der Waals surface area contributed by atoms with Crippen LogP contribution < -0.4 is 11.3 Å². The van der Waals surface area contributed by atoms with Crippen molar-refractivity contribution < 1.29 is 0 Å². The highest BCUT2D eigenvalue weighted by Gasteiger charge is 2.19. The molecule has 0 saturated carbocycles. The molecule has 0 amide bonds. The molecule has 2 heterocycles. The van der Waals surface area contributed by atoms with Crippen molar-refractivity contribution in [1.29, 1.82) is 0 Å². The Morgan fingerprint density at radius 2 is 2.13 bits per heavy atom. The number of aryl methyl sites for hydroxylation is 2. The van der Waals surface area contributed by atoms with E-state index in [0.717, 1.165) is 22.5 Å². The van der Waals surface area contributed by atoms with Crippen molar-refractivity contribution in [2.75, 3.05) is 5.43 Å². The summed E-state index contributed by atoms with van der Waals surface area (Å²) in [6.45, 7) is 0. The van der Waals surface area contributed by atoms with Gasteiger partial charge in [0.2, 0.25) is 0 Å². The van der Waals surface area contributed by atoms with Gasteiger partial charge in [0.05, 0.1) is 5.39 Å². The fourth-order valence-corrected chi connectivity index (χ4v) is 3.43. The molecule has 0 bridgehead atoms. The smallest absolute Gasteiger partial charge is 0.152 e. The van der Waals surface area contributed by atoms with Crippen LogP contribution in [0.2, 0.25) is 0 Å². The third-order valence-electron chi connectivity index (χ3n) is 2.89. The standard InChI is InChI=1S/C10H12N4S/c11-14-9-8-6-3-1-2-4-7(6)15-10(8)13-5-12-9/h5H,1-4,11H2,(H,12,13,14). The van der Waals surface area contributed by atoms with Gasteiger partial charge in [0.25, 0.3) is 0 Å². The van der Waals surface area contributed by atoms with Crippen LogP contribution in [0.3, 0.4) is 0 Å². The maximum Gasteiger partial charge on any atom is 0.152 e. The Labute approximate surface area is 91.5 Å². The van der Waals surface area contributed by atoms with Crippen LogP contribution in [-0.2, 0) is 12.8 Å². The van der Waals surface area contributed by atoms with Crippen LogP contribution in [0.5, 0.6) is 0 Å². The number of hydrazine groups is 1. The van der Waals surface area contributed by atoms with Gasteiger partial charge in [-0.1, -0.05) is 0 Å². The molecule has 5 heteroatoms. The molecular formula is C10H12N4S. The van der Waals surface area contributed by atoms with Crippen LogP contribution in [-0.4, -0.2) is 9.97 Å². The minimum Gasteiger partial charge on any atom is -0.308 e. The molecule has 4 nitrogen and oxygen atoms in total. The van der Waals surface area contributed by atoms with Gasteiger partial charge in [-0.25, -0.2) is 15.8 Å². The van der Waals surface area contributed by atoms with Gasteiger partial charge in [0, 0.05) is 4.88 Å². The van der Waals surface area contributed by atoms with E-state index in [1.165, 1.54) is 29.7 Å². The van der Waals surface area contributed by atoms with E-state index in [9.17, 15) is 0 Å². The van der Waals surface area contributed by atoms with Crippen molar-refractivity contribution in [1.82, 2.24) is 9.97 Å². The van der Waals surface area contributed by atoms with Crippen LogP contribution in [0.1, 0.15) is 23.3 Å². The number of nitrogens with two attached hydrogens (primary N) is 1. The maximum absolute atomic E-state index is 5.47. The first kappa shape index (κ1) is 9.06. The van der Waals surface area contributed by atoms with E-state index in [4.69, 9.17) is 5.84 Å². The van der Waals surface area contributed by atoms with E-state index >= 15 is 0 Å². The number of anilines is 1. The van der Waals surface area contributed by atoms with Crippen LogP contribution >= 0.6 is 11.3 Å². The summed E-state index contributed by atoms with van der Waals surface area (Å²) in [4.78, 5) is 11.0. The van der Waals surface area contributed by atoms with Gasteiger partial charge < -0.3 is 5.43 Å². The second kappa shape index (κ2) is 3.43. The van der Waals surface area contributed by atoms with Crippen LogP contribution in [0.25, 0.3) is 10.2 Å². The molecule has 2 aromatic heterocycles. The van der Waals surface area contributed by atoms with Crippen LogP contribution in [0, 0.1) is 0 Å². The Hall–Kier alpha value is -1.20. The number of rotatable bonds is 1. The van der Waals surface area contributed by atoms with Gasteiger partial charge in [0.15, 0.2) is 5.82 Å². The van der Waals surface area contributed by atoms with E-state index in [-0.39, 0.29) is 0 Å². The van der Waals surface area contributed by atoms with E-state index in [1.54, 1.807) is 17.7 Å². The number of thiophene rings is 1. The Balaban J connectivity index is 2.33. The highest BCUT2D eigenvalue weighted by molar-refractivity contribution is 7.19. The van der Waals surface area contributed by atoms with Gasteiger partial charge in [-0.3, -0.25) is 0 Å². The quantitative estimate of drug-likeness (QED) is 0.568. The minimum absolute atomic E-state index is 0.763. The monoisotopic (exact) mass is 220 g/mol. The highest BCUT2D eigenvalue weighted by Crippen LogP contribution is 2.37. The van der Waals surface area contributed by atoms with Gasteiger partial charge in [-0.2, -0.15) is 0 Å². The molecule has 0 spiro atoms. The van der Waals surface area contributed by atoms with Crippen LogP contribution in [0.4, 0.5) is 5.82 Å². The average Bonchev–Trinajstić information content (AvgIpc) is 2.67. The normalized spacial score (nSPS) is 15.3. The molecular weight excluding hydrogens is 208 g/mol. The van der Waals surface area contributed by atoms with Crippen molar-refractivity contribution in [2.24, 2.45) is 5.84 Å². The number of hydrogen-bond donors (Lipinski definition) is 2. The number of nitrogens with zero attached hydrogens (tertiary/aromatic N) is 2. The van der Waals surface area contributed by atoms with E-state index in [2.05, 4.69) is 15.4 Å². The first-order valence-corrected chi connectivity index (χ1v) is 5.93. The Bertz CT molecular complexity index is 505. The van der Waals surface area contributed by atoms with E-state index < -0.39 is 0 Å². The lowest BCUT2D eigenvalue weighted by atomic mass is 9.97. The minimum atomic E-state index is 0.763. The lowest BCUT2D eigenvalue weighted by Gasteiger charge is -2.11. The van der Waals surface area contributed by atoms with Crippen molar-refractivity contribution >= 4 is 27.4 Å². The Morgan fingerprint density at radius 1 is 1.27 bits per heavy atom.